The molecular weight excluding hydrogens is 284 g/mol. The van der Waals surface area contributed by atoms with E-state index >= 15 is 0 Å². The number of piperidine rings is 1. The van der Waals surface area contributed by atoms with Gasteiger partial charge in [0.1, 0.15) is 5.82 Å². The molecule has 6 heteroatoms. The first-order valence-electron chi connectivity index (χ1n) is 7.11. The summed E-state index contributed by atoms with van der Waals surface area (Å²) in [6.45, 7) is 3.29. The Morgan fingerprint density at radius 2 is 2.38 bits per heavy atom. The number of anilines is 2. The van der Waals surface area contributed by atoms with Crippen LogP contribution < -0.4 is 5.32 Å². The fourth-order valence-corrected chi connectivity index (χ4v) is 3.38. The third kappa shape index (κ3) is 3.39. The summed E-state index contributed by atoms with van der Waals surface area (Å²) < 4.78 is 0. The number of likely N-dealkylation sites (tertiary alicyclic amines) is 1. The van der Waals surface area contributed by atoms with Gasteiger partial charge in [-0.05, 0) is 25.0 Å². The molecule has 0 radical (unpaired) electrons. The molecule has 1 N–H and O–H groups in total. The van der Waals surface area contributed by atoms with E-state index in [1.807, 2.05) is 23.1 Å². The van der Waals surface area contributed by atoms with E-state index < -0.39 is 0 Å². The number of amides is 1. The van der Waals surface area contributed by atoms with E-state index in [0.717, 1.165) is 42.6 Å². The standard InChI is InChI=1S/C15H18N4OS/c1-11(20)19-8-4-5-12(9-19)13-10-21-15(17-13)18-14-6-2-3-7-16-14/h2-3,6-7,10,12H,4-5,8-9H2,1H3,(H,16,17,18)/t12-/m1/s1. The summed E-state index contributed by atoms with van der Waals surface area (Å²) in [6, 6.07) is 5.74. The zero-order valence-corrected chi connectivity index (χ0v) is 12.8. The predicted molar refractivity (Wildman–Crippen MR) is 83.9 cm³/mol. The molecule has 1 aliphatic rings. The summed E-state index contributed by atoms with van der Waals surface area (Å²) in [5.74, 6) is 1.30. The Morgan fingerprint density at radius 3 is 3.14 bits per heavy atom. The number of rotatable bonds is 3. The molecule has 3 rings (SSSR count). The minimum Gasteiger partial charge on any atom is -0.342 e. The van der Waals surface area contributed by atoms with Crippen LogP contribution in [0.4, 0.5) is 10.9 Å². The van der Waals surface area contributed by atoms with Gasteiger partial charge in [0.15, 0.2) is 5.13 Å². The van der Waals surface area contributed by atoms with Crippen LogP contribution in [0.3, 0.4) is 0 Å². The van der Waals surface area contributed by atoms with Crippen LogP contribution in [0.25, 0.3) is 0 Å². The molecule has 110 valence electrons. The van der Waals surface area contributed by atoms with Crippen molar-refractivity contribution in [2.45, 2.75) is 25.7 Å². The van der Waals surface area contributed by atoms with Gasteiger partial charge >= 0.3 is 0 Å². The second-order valence-corrected chi connectivity index (χ2v) is 6.08. The molecule has 1 saturated heterocycles. The fraction of sp³-hybridized carbons (Fsp3) is 0.400. The van der Waals surface area contributed by atoms with E-state index in [4.69, 9.17) is 0 Å². The molecule has 0 bridgehead atoms. The monoisotopic (exact) mass is 302 g/mol. The first-order chi connectivity index (χ1) is 10.2. The van der Waals surface area contributed by atoms with Gasteiger partial charge in [0.25, 0.3) is 0 Å². The van der Waals surface area contributed by atoms with Crippen LogP contribution in [0, 0.1) is 0 Å². The topological polar surface area (TPSA) is 58.1 Å². The molecule has 0 aliphatic carbocycles. The zero-order chi connectivity index (χ0) is 14.7. The number of aromatic nitrogens is 2. The Balaban J connectivity index is 1.68. The van der Waals surface area contributed by atoms with Gasteiger partial charge in [0, 0.05) is 37.5 Å². The number of carbonyl (C=O) groups excluding carboxylic acids is 1. The Bertz CT molecular complexity index is 613. The summed E-state index contributed by atoms with van der Waals surface area (Å²) in [7, 11) is 0. The van der Waals surface area contributed by atoms with Gasteiger partial charge in [-0.1, -0.05) is 6.07 Å². The zero-order valence-electron chi connectivity index (χ0n) is 12.0. The second-order valence-electron chi connectivity index (χ2n) is 5.22. The maximum atomic E-state index is 11.5. The second kappa shape index (κ2) is 6.22. The van der Waals surface area contributed by atoms with Crippen LogP contribution >= 0.6 is 11.3 Å². The van der Waals surface area contributed by atoms with Crippen molar-refractivity contribution in [2.24, 2.45) is 0 Å². The summed E-state index contributed by atoms with van der Waals surface area (Å²) in [6.07, 6.45) is 3.89. The van der Waals surface area contributed by atoms with Crippen LogP contribution in [0.15, 0.2) is 29.8 Å². The third-order valence-corrected chi connectivity index (χ3v) is 4.48. The van der Waals surface area contributed by atoms with Crippen molar-refractivity contribution in [2.75, 3.05) is 18.4 Å². The largest absolute Gasteiger partial charge is 0.342 e. The third-order valence-electron chi connectivity index (χ3n) is 3.71. The van der Waals surface area contributed by atoms with E-state index in [-0.39, 0.29) is 5.91 Å². The van der Waals surface area contributed by atoms with Crippen LogP contribution in [0.2, 0.25) is 0 Å². The molecule has 0 unspecified atom stereocenters. The van der Waals surface area contributed by atoms with Crippen LogP contribution in [-0.4, -0.2) is 33.9 Å². The average molecular weight is 302 g/mol. The highest BCUT2D eigenvalue weighted by Crippen LogP contribution is 2.30. The lowest BCUT2D eigenvalue weighted by Crippen LogP contribution is -2.37. The lowest BCUT2D eigenvalue weighted by atomic mass is 9.95. The molecule has 2 aromatic heterocycles. The summed E-state index contributed by atoms with van der Waals surface area (Å²) in [5.41, 5.74) is 1.07. The highest BCUT2D eigenvalue weighted by Gasteiger charge is 2.24. The molecule has 1 fully saturated rings. The maximum absolute atomic E-state index is 11.5. The molecule has 21 heavy (non-hydrogen) atoms. The molecule has 0 spiro atoms. The van der Waals surface area contributed by atoms with E-state index in [1.54, 1.807) is 24.5 Å². The molecular formula is C15H18N4OS. The van der Waals surface area contributed by atoms with E-state index in [0.29, 0.717) is 5.92 Å². The lowest BCUT2D eigenvalue weighted by molar-refractivity contribution is -0.130. The quantitative estimate of drug-likeness (QED) is 0.947. The number of nitrogens with zero attached hydrogens (tertiary/aromatic N) is 3. The van der Waals surface area contributed by atoms with Crippen molar-refractivity contribution in [3.05, 3.63) is 35.5 Å². The van der Waals surface area contributed by atoms with E-state index in [2.05, 4.69) is 20.7 Å². The van der Waals surface area contributed by atoms with Gasteiger partial charge < -0.3 is 10.2 Å². The number of hydrogen-bond acceptors (Lipinski definition) is 5. The van der Waals surface area contributed by atoms with Crippen LogP contribution in [-0.2, 0) is 4.79 Å². The van der Waals surface area contributed by atoms with Gasteiger partial charge in [0.05, 0.1) is 5.69 Å². The van der Waals surface area contributed by atoms with Crippen LogP contribution in [0.1, 0.15) is 31.4 Å². The van der Waals surface area contributed by atoms with Gasteiger partial charge in [-0.2, -0.15) is 0 Å². The molecule has 3 heterocycles. The summed E-state index contributed by atoms with van der Waals surface area (Å²) in [5, 5.41) is 6.15. The average Bonchev–Trinajstić information content (AvgIpc) is 2.97. The van der Waals surface area contributed by atoms with Crippen molar-refractivity contribution in [1.29, 1.82) is 0 Å². The SMILES string of the molecule is CC(=O)N1CCC[C@@H](c2csc(Nc3ccccn3)n2)C1. The Hall–Kier alpha value is -1.95. The summed E-state index contributed by atoms with van der Waals surface area (Å²) in [4.78, 5) is 22.3. The fourth-order valence-electron chi connectivity index (χ4n) is 2.58. The minimum absolute atomic E-state index is 0.154. The highest BCUT2D eigenvalue weighted by atomic mass is 32.1. The van der Waals surface area contributed by atoms with Crippen LogP contribution in [0.5, 0.6) is 0 Å². The van der Waals surface area contributed by atoms with Crippen molar-refractivity contribution >= 4 is 28.2 Å². The molecule has 5 nitrogen and oxygen atoms in total. The molecule has 2 aromatic rings. The molecule has 1 atom stereocenters. The predicted octanol–water partition coefficient (Wildman–Crippen LogP) is 3.01. The normalized spacial score (nSPS) is 18.5. The van der Waals surface area contributed by atoms with Crippen molar-refractivity contribution in [3.8, 4) is 0 Å². The number of carbonyl (C=O) groups is 1. The molecule has 0 aromatic carbocycles. The molecule has 0 saturated carbocycles. The first-order valence-corrected chi connectivity index (χ1v) is 7.99. The number of hydrogen-bond donors (Lipinski definition) is 1. The highest BCUT2D eigenvalue weighted by molar-refractivity contribution is 7.13. The minimum atomic E-state index is 0.154. The maximum Gasteiger partial charge on any atom is 0.219 e. The van der Waals surface area contributed by atoms with Gasteiger partial charge in [-0.25, -0.2) is 9.97 Å². The smallest absolute Gasteiger partial charge is 0.219 e. The van der Waals surface area contributed by atoms with Crippen molar-refractivity contribution in [1.82, 2.24) is 14.9 Å². The number of nitrogens with one attached hydrogen (secondary N) is 1. The van der Waals surface area contributed by atoms with E-state index in [1.165, 1.54) is 0 Å². The Labute approximate surface area is 128 Å². The number of pyridine rings is 1. The van der Waals surface area contributed by atoms with E-state index in [9.17, 15) is 4.79 Å². The summed E-state index contributed by atoms with van der Waals surface area (Å²) >= 11 is 1.58. The van der Waals surface area contributed by atoms with Crippen molar-refractivity contribution < 1.29 is 4.79 Å². The van der Waals surface area contributed by atoms with Gasteiger partial charge in [-0.3, -0.25) is 4.79 Å². The van der Waals surface area contributed by atoms with Gasteiger partial charge in [-0.15, -0.1) is 11.3 Å². The van der Waals surface area contributed by atoms with Gasteiger partial charge in [0.2, 0.25) is 5.91 Å². The lowest BCUT2D eigenvalue weighted by Gasteiger charge is -2.31. The Morgan fingerprint density at radius 1 is 1.48 bits per heavy atom. The Kier molecular flexibility index (Phi) is 4.15. The van der Waals surface area contributed by atoms with Crippen molar-refractivity contribution in [3.63, 3.8) is 0 Å². The first kappa shape index (κ1) is 14.0. The molecule has 1 aliphatic heterocycles. The molecule has 1 amide bonds. The number of thiazole rings is 1.